The summed E-state index contributed by atoms with van der Waals surface area (Å²) in [6.45, 7) is 6.94. The molecule has 1 atom stereocenters. The van der Waals surface area contributed by atoms with Gasteiger partial charge in [0.15, 0.2) is 0 Å². The number of aryl methyl sites for hydroxylation is 1. The number of pyridine rings is 1. The Balaban J connectivity index is 1.79. The molecule has 1 aromatic heterocycles. The second-order valence-corrected chi connectivity index (χ2v) is 10.8. The minimum absolute atomic E-state index is 0.210. The molecule has 0 radical (unpaired) electrons. The van der Waals surface area contributed by atoms with Crippen LogP contribution in [0.4, 0.5) is 0 Å². The van der Waals surface area contributed by atoms with Crippen molar-refractivity contribution in [1.82, 2.24) is 4.98 Å². The number of nitriles is 1. The van der Waals surface area contributed by atoms with Crippen molar-refractivity contribution in [3.63, 3.8) is 0 Å². The van der Waals surface area contributed by atoms with E-state index in [-0.39, 0.29) is 5.41 Å². The van der Waals surface area contributed by atoms with Gasteiger partial charge < -0.3 is 9.47 Å². The summed E-state index contributed by atoms with van der Waals surface area (Å²) < 4.78 is 10.7. The van der Waals surface area contributed by atoms with Crippen LogP contribution in [0.3, 0.4) is 0 Å². The summed E-state index contributed by atoms with van der Waals surface area (Å²) in [7, 11) is 3.35. The Morgan fingerprint density at radius 2 is 1.79 bits per heavy atom. The Morgan fingerprint density at radius 3 is 2.44 bits per heavy atom. The summed E-state index contributed by atoms with van der Waals surface area (Å²) in [5.74, 6) is 2.93. The monoisotopic (exact) mass is 472 g/mol. The molecule has 0 amide bonds. The molecule has 0 spiro atoms. The Bertz CT molecular complexity index is 1210. The summed E-state index contributed by atoms with van der Waals surface area (Å²) in [5.41, 5.74) is 6.49. The Kier molecular flexibility index (Phi) is 7.19. The highest BCUT2D eigenvalue weighted by Crippen LogP contribution is 2.43. The van der Waals surface area contributed by atoms with E-state index in [1.54, 1.807) is 26.0 Å². The smallest absolute Gasteiger partial charge is 0.119 e. The van der Waals surface area contributed by atoms with Gasteiger partial charge in [-0.25, -0.2) is 4.98 Å². The molecule has 1 heterocycles. The standard InChI is InChI=1S/C29H32N2O2S/c1-29(2,3)21-11-14-26-24(16-21)27(20-9-12-22(32-4)13-10-20)25(17-30)28(31-26)34-18-19-7-6-8-23(15-19)33-5/h6-10,12-13,15,21H,11,14,16,18H2,1-5H3. The minimum atomic E-state index is 0.210. The molecular weight excluding hydrogens is 440 g/mol. The molecule has 0 bridgehead atoms. The van der Waals surface area contributed by atoms with Crippen LogP contribution in [0.1, 0.15) is 49.6 Å². The molecule has 5 heteroatoms. The third kappa shape index (κ3) is 5.08. The van der Waals surface area contributed by atoms with Crippen molar-refractivity contribution >= 4 is 11.8 Å². The molecule has 4 nitrogen and oxygen atoms in total. The Morgan fingerprint density at radius 1 is 1.06 bits per heavy atom. The molecule has 4 rings (SSSR count). The van der Waals surface area contributed by atoms with Gasteiger partial charge in [0.1, 0.15) is 22.6 Å². The molecule has 0 saturated carbocycles. The first kappa shape index (κ1) is 24.2. The second kappa shape index (κ2) is 10.1. The highest BCUT2D eigenvalue weighted by molar-refractivity contribution is 7.98. The lowest BCUT2D eigenvalue weighted by atomic mass is 9.70. The maximum Gasteiger partial charge on any atom is 0.119 e. The largest absolute Gasteiger partial charge is 0.497 e. The zero-order valence-corrected chi connectivity index (χ0v) is 21.5. The van der Waals surface area contributed by atoms with Crippen molar-refractivity contribution < 1.29 is 9.47 Å². The first-order valence-electron chi connectivity index (χ1n) is 11.7. The van der Waals surface area contributed by atoms with Crippen molar-refractivity contribution in [1.29, 1.82) is 5.26 Å². The maximum absolute atomic E-state index is 10.3. The lowest BCUT2D eigenvalue weighted by Crippen LogP contribution is -2.28. The average Bonchev–Trinajstić information content (AvgIpc) is 2.85. The molecule has 176 valence electrons. The highest BCUT2D eigenvalue weighted by Gasteiger charge is 2.32. The van der Waals surface area contributed by atoms with Gasteiger partial charge in [0.05, 0.1) is 19.8 Å². The third-order valence-corrected chi connectivity index (χ3v) is 7.80. The number of hydrogen-bond donors (Lipinski definition) is 0. The van der Waals surface area contributed by atoms with Crippen LogP contribution in [0.15, 0.2) is 53.6 Å². The van der Waals surface area contributed by atoms with E-state index in [0.29, 0.717) is 11.5 Å². The van der Waals surface area contributed by atoms with E-state index < -0.39 is 0 Å². The maximum atomic E-state index is 10.3. The number of rotatable bonds is 6. The number of thioether (sulfide) groups is 1. The van der Waals surface area contributed by atoms with E-state index >= 15 is 0 Å². The highest BCUT2D eigenvalue weighted by atomic mass is 32.2. The molecular formula is C29H32N2O2S. The van der Waals surface area contributed by atoms with Crippen LogP contribution in [-0.4, -0.2) is 19.2 Å². The fourth-order valence-corrected chi connectivity index (χ4v) is 5.62. The van der Waals surface area contributed by atoms with Crippen LogP contribution in [0, 0.1) is 22.7 Å². The van der Waals surface area contributed by atoms with Crippen molar-refractivity contribution in [2.75, 3.05) is 14.2 Å². The van der Waals surface area contributed by atoms with Gasteiger partial charge in [-0.1, -0.05) is 45.0 Å². The molecule has 3 aromatic rings. The van der Waals surface area contributed by atoms with E-state index in [2.05, 4.69) is 45.0 Å². The van der Waals surface area contributed by atoms with E-state index in [9.17, 15) is 5.26 Å². The predicted molar refractivity (Wildman–Crippen MR) is 138 cm³/mol. The number of fused-ring (bicyclic) bond motifs is 1. The quantitative estimate of drug-likeness (QED) is 0.359. The number of aromatic nitrogens is 1. The average molecular weight is 473 g/mol. The zero-order valence-electron chi connectivity index (χ0n) is 20.6. The van der Waals surface area contributed by atoms with Gasteiger partial charge in [0.25, 0.3) is 0 Å². The summed E-state index contributed by atoms with van der Waals surface area (Å²) in [6, 6.07) is 18.6. The molecule has 2 aromatic carbocycles. The van der Waals surface area contributed by atoms with Crippen molar-refractivity contribution in [3.05, 3.63) is 70.9 Å². The fourth-order valence-electron chi connectivity index (χ4n) is 4.67. The van der Waals surface area contributed by atoms with Gasteiger partial charge >= 0.3 is 0 Å². The first-order chi connectivity index (χ1) is 16.3. The topological polar surface area (TPSA) is 55.1 Å². The molecule has 0 aliphatic heterocycles. The number of benzene rings is 2. The summed E-state index contributed by atoms with van der Waals surface area (Å²) in [5, 5.41) is 11.1. The van der Waals surface area contributed by atoms with Crippen molar-refractivity contribution in [3.8, 4) is 28.7 Å². The van der Waals surface area contributed by atoms with Crippen LogP contribution in [0.2, 0.25) is 0 Å². The number of hydrogen-bond acceptors (Lipinski definition) is 5. The van der Waals surface area contributed by atoms with Crippen LogP contribution >= 0.6 is 11.8 Å². The number of methoxy groups -OCH3 is 2. The van der Waals surface area contributed by atoms with Crippen LogP contribution < -0.4 is 9.47 Å². The predicted octanol–water partition coefficient (Wildman–Crippen LogP) is 7.08. The van der Waals surface area contributed by atoms with E-state index in [0.717, 1.165) is 63.9 Å². The van der Waals surface area contributed by atoms with E-state index in [1.165, 1.54) is 5.56 Å². The molecule has 0 N–H and O–H groups in total. The van der Waals surface area contributed by atoms with Crippen LogP contribution in [0.25, 0.3) is 11.1 Å². The normalized spacial score (nSPS) is 15.4. The van der Waals surface area contributed by atoms with E-state index in [4.69, 9.17) is 14.5 Å². The molecule has 1 unspecified atom stereocenters. The molecule has 0 saturated heterocycles. The zero-order chi connectivity index (χ0) is 24.3. The number of nitrogens with zero attached hydrogens (tertiary/aromatic N) is 2. The van der Waals surface area contributed by atoms with Gasteiger partial charge in [-0.3, -0.25) is 0 Å². The summed E-state index contributed by atoms with van der Waals surface area (Å²) >= 11 is 1.63. The van der Waals surface area contributed by atoms with Crippen LogP contribution in [-0.2, 0) is 18.6 Å². The van der Waals surface area contributed by atoms with Gasteiger partial charge in [-0.2, -0.15) is 5.26 Å². The molecule has 1 aliphatic carbocycles. The second-order valence-electron chi connectivity index (χ2n) is 9.88. The number of ether oxygens (including phenoxy) is 2. The first-order valence-corrected chi connectivity index (χ1v) is 12.7. The van der Waals surface area contributed by atoms with Crippen molar-refractivity contribution in [2.45, 2.75) is 50.8 Å². The minimum Gasteiger partial charge on any atom is -0.497 e. The van der Waals surface area contributed by atoms with Gasteiger partial charge in [-0.05, 0) is 71.6 Å². The Labute approximate surface area is 207 Å². The SMILES string of the molecule is COc1ccc(-c2c(C#N)c(SCc3cccc(OC)c3)nc3c2CC(C(C)(C)C)CC3)cc1. The molecule has 0 fully saturated rings. The van der Waals surface area contributed by atoms with Gasteiger partial charge in [0, 0.05) is 17.0 Å². The molecule has 34 heavy (non-hydrogen) atoms. The summed E-state index contributed by atoms with van der Waals surface area (Å²) in [4.78, 5) is 5.06. The summed E-state index contributed by atoms with van der Waals surface area (Å²) in [6.07, 6.45) is 3.01. The van der Waals surface area contributed by atoms with E-state index in [1.807, 2.05) is 30.3 Å². The third-order valence-electron chi connectivity index (χ3n) is 6.76. The lowest BCUT2D eigenvalue weighted by Gasteiger charge is -2.36. The molecule has 1 aliphatic rings. The van der Waals surface area contributed by atoms with Gasteiger partial charge in [0.2, 0.25) is 0 Å². The Hall–Kier alpha value is -2.97. The fraction of sp³-hybridized carbons (Fsp3) is 0.379. The lowest BCUT2D eigenvalue weighted by molar-refractivity contribution is 0.215. The van der Waals surface area contributed by atoms with Crippen LogP contribution in [0.5, 0.6) is 11.5 Å². The van der Waals surface area contributed by atoms with Gasteiger partial charge in [-0.15, -0.1) is 11.8 Å². The van der Waals surface area contributed by atoms with Crippen molar-refractivity contribution in [2.24, 2.45) is 11.3 Å².